The first-order chi connectivity index (χ1) is 57.7. The number of nitriles is 2. The van der Waals surface area contributed by atoms with Crippen molar-refractivity contribution < 1.29 is 52.7 Å². The number of hydrogen-bond donors (Lipinski definition) is 3. The van der Waals surface area contributed by atoms with Gasteiger partial charge in [-0.25, -0.2) is 77.5 Å². The van der Waals surface area contributed by atoms with Gasteiger partial charge in [-0.3, -0.25) is 19.4 Å². The Kier molecular flexibility index (Phi) is 32.3. The van der Waals surface area contributed by atoms with Crippen LogP contribution in [-0.2, 0) is 77.9 Å². The van der Waals surface area contributed by atoms with E-state index in [1.165, 1.54) is 43.3 Å². The Balaban J connectivity index is 0.000000192. The van der Waals surface area contributed by atoms with Crippen LogP contribution in [0.3, 0.4) is 0 Å². The first-order valence-corrected chi connectivity index (χ1v) is 53.5. The van der Waals surface area contributed by atoms with Crippen LogP contribution in [0.1, 0.15) is 33.6 Å². The zero-order valence-electron chi connectivity index (χ0n) is 70.4. The number of pyridine rings is 3. The molecule has 1 amide bonds. The topological polar surface area (TPSA) is 409 Å². The molecule has 648 valence electrons. The minimum absolute atomic E-state index is 0.132. The van der Waals surface area contributed by atoms with Crippen LogP contribution in [0.2, 0.25) is 51.4 Å². The molecule has 0 spiro atoms. The number of halogens is 1. The van der Waals surface area contributed by atoms with E-state index in [0.29, 0.717) is 85.7 Å². The van der Waals surface area contributed by atoms with E-state index in [4.69, 9.17) is 53.6 Å². The zero-order valence-corrected chi connectivity index (χ0v) is 76.4. The second-order valence-electron chi connectivity index (χ2n) is 32.8. The van der Waals surface area contributed by atoms with E-state index in [2.05, 4.69) is 137 Å². The summed E-state index contributed by atoms with van der Waals surface area (Å²) in [7, 11) is -10.6. The SMILES string of the molecule is CS(=O)(=O)Cl.[C-]#[N+]C=C1CN(C(=O)OC(C)(C)C)C1.[C-]#[N+]C=C1CN(S(C)(=O)=O)C1.[C-]#[N+]C=C1CNC1.[C-]#[N+]c1cnc2[nH]ccc2c1-c1cnn(C2(CC#N)CN(S(C)(=O)=O)C2)c1.[C-]#[N+]c1cnc2c(ccn2COCC[Si](C)(C)C)c1-c1cn[nH]c1.[C-]#[N+]c1cnc2c(ccn2COCC[Si](C)(C)C)c1-c1cnn(C2(CC#N)CN(S(C)(=O)=O)C2)c1. The number of carbonyl (C=O) groups is 1. The normalized spacial score (nSPS) is 15.4. The van der Waals surface area contributed by atoms with Gasteiger partial charge >= 0.3 is 6.09 Å². The summed E-state index contributed by atoms with van der Waals surface area (Å²) in [6, 6.07) is 12.3. The lowest BCUT2D eigenvalue weighted by atomic mass is 9.89. The Morgan fingerprint density at radius 2 is 0.984 bits per heavy atom. The number of nitrogens with one attached hydrogen (secondary N) is 3. The van der Waals surface area contributed by atoms with Crippen molar-refractivity contribution in [1.82, 2.24) is 82.0 Å². The van der Waals surface area contributed by atoms with Gasteiger partial charge in [0.15, 0.2) is 18.6 Å². The summed E-state index contributed by atoms with van der Waals surface area (Å²) >= 11 is 0. The van der Waals surface area contributed by atoms with Gasteiger partial charge in [-0.05, 0) is 67.8 Å². The molecule has 5 aliphatic heterocycles. The van der Waals surface area contributed by atoms with Gasteiger partial charge in [0.1, 0.15) is 47.1 Å². The molecular weight excluding hydrogens is 1710 g/mol. The summed E-state index contributed by atoms with van der Waals surface area (Å²) in [5.41, 5.74) is 9.38. The maximum absolute atomic E-state index is 11.9. The van der Waals surface area contributed by atoms with Crippen molar-refractivity contribution in [2.75, 3.05) is 104 Å². The highest BCUT2D eigenvalue weighted by atomic mass is 35.7. The second-order valence-corrected chi connectivity index (χ2v) is 53.0. The standard InChI is InChI=1S/C23H29N7O3SSi.C17H15N7O2S.C17H21N5OSi.C10H14N2O2.C6H8N2O2S.C5H6N2.CH3ClO2S/c1-25-20-13-26-22-19(6-9-28(22)17-33-10-11-35(3,4)5)21(20)18-12-27-30(14-18)23(7-8-24)15-29(16-23)34(2,31)32;1-19-14-8-21-16-13(3-6-20-16)15(14)12-7-22-24(9-12)17(4-5-18)10-23(11-17)27(2,25)26;1-18-15-11-19-17-14(16(15)13-9-20-21-10-13)5-6-22(17)12-23-7-8-24(2,3)4;1-10(2,3)14-9(13)12-6-8(7-12)5-11-4;1-7-3-6-4-8(5-6)11(2,9)10;1-6-2-5-3-7-4-5;1-5(2,3)4/h6,9,12-14H,7,10-11,15-17H2,2-5H3;3,6-9H,4,10-11H2,2H3,(H,20,21);5-6,9-11H,7-8,12H2,2-4H3,(H,20,21);5H,6-7H2,1-3H3;3H,4-5H2,2H3;2,7H,3-4H2;1H3. The molecule has 0 aliphatic carbocycles. The van der Waals surface area contributed by atoms with Gasteiger partial charge in [-0.2, -0.15) is 38.7 Å². The summed E-state index contributed by atoms with van der Waals surface area (Å²) in [6.45, 7) is 68.2. The Morgan fingerprint density at radius 1 is 0.577 bits per heavy atom. The summed E-state index contributed by atoms with van der Waals surface area (Å²) in [4.78, 5) is 49.3. The van der Waals surface area contributed by atoms with Gasteiger partial charge < -0.3 is 38.5 Å². The molecule has 9 aromatic heterocycles. The van der Waals surface area contributed by atoms with E-state index in [9.17, 15) is 49.0 Å². The third kappa shape index (κ3) is 26.7. The van der Waals surface area contributed by atoms with Crippen LogP contribution in [0.15, 0.2) is 128 Å². The number of rotatable bonds is 20. The number of amides is 1. The quantitative estimate of drug-likeness (QED) is 0.0276. The fourth-order valence-electron chi connectivity index (χ4n) is 12.5. The number of H-pyrrole nitrogens is 2. The van der Waals surface area contributed by atoms with E-state index in [1.54, 1.807) is 76.2 Å². The number of aromatic amines is 2. The van der Waals surface area contributed by atoms with Crippen LogP contribution in [-0.4, -0.2) is 242 Å². The van der Waals surface area contributed by atoms with Gasteiger partial charge in [0.05, 0.1) is 108 Å². The molecule has 123 heavy (non-hydrogen) atoms. The highest BCUT2D eigenvalue weighted by Crippen LogP contribution is 2.43. The first-order valence-electron chi connectivity index (χ1n) is 37.8. The maximum Gasteiger partial charge on any atom is 0.410 e. The molecule has 0 aromatic carbocycles. The molecule has 3 N–H and O–H groups in total. The fourth-order valence-corrected chi connectivity index (χ4v) is 16.7. The number of likely N-dealkylation sites (tertiary alicyclic amines) is 1. The Morgan fingerprint density at radius 3 is 1.34 bits per heavy atom. The fraction of sp³-hybridized carbons (Fsp3) is 0.430. The van der Waals surface area contributed by atoms with Crippen molar-refractivity contribution in [3.8, 4) is 45.5 Å². The number of hydrogen-bond acceptors (Lipinski definition) is 21. The highest BCUT2D eigenvalue weighted by molar-refractivity contribution is 8.13. The van der Waals surface area contributed by atoms with Gasteiger partial charge in [0, 0.05) is 211 Å². The molecule has 5 fully saturated rings. The number of ether oxygens (including phenoxy) is 3. The first kappa shape index (κ1) is 96.8. The maximum atomic E-state index is 11.9. The third-order valence-corrected chi connectivity index (χ3v) is 26.2. The summed E-state index contributed by atoms with van der Waals surface area (Å²) in [6.07, 6.45) is 29.5. The van der Waals surface area contributed by atoms with Crippen molar-refractivity contribution in [3.05, 3.63) is 196 Å². The smallest absolute Gasteiger partial charge is 0.410 e. The van der Waals surface area contributed by atoms with E-state index >= 15 is 0 Å². The van der Waals surface area contributed by atoms with E-state index in [-0.39, 0.29) is 45.1 Å². The third-order valence-electron chi connectivity index (χ3n) is 19.2. The zero-order chi connectivity index (χ0) is 90.7. The van der Waals surface area contributed by atoms with Crippen LogP contribution in [0, 0.1) is 62.1 Å². The van der Waals surface area contributed by atoms with E-state index < -0.39 is 71.9 Å². The molecule has 37 nitrogen and oxygen atoms in total. The summed E-state index contributed by atoms with van der Waals surface area (Å²) in [5.74, 6) is 0. The molecule has 14 heterocycles. The van der Waals surface area contributed by atoms with Crippen molar-refractivity contribution in [3.63, 3.8) is 0 Å². The molecule has 0 saturated carbocycles. The molecule has 9 aromatic rings. The molecule has 44 heteroatoms. The lowest BCUT2D eigenvalue weighted by molar-refractivity contribution is 0.0214. The van der Waals surface area contributed by atoms with Crippen LogP contribution in [0.4, 0.5) is 21.9 Å². The molecule has 0 atom stereocenters. The Hall–Kier alpha value is -11.6. The van der Waals surface area contributed by atoms with Crippen LogP contribution < -0.4 is 5.32 Å². The molecular formula is C79H96ClN25O12S4Si2. The predicted molar refractivity (Wildman–Crippen MR) is 474 cm³/mol. The molecule has 0 bridgehead atoms. The molecule has 14 rings (SSSR count). The van der Waals surface area contributed by atoms with E-state index in [1.807, 2.05) is 60.5 Å². The summed E-state index contributed by atoms with van der Waals surface area (Å²) < 4.78 is 116. The number of carbonyl (C=O) groups excluding carboxylic acids is 1. The van der Waals surface area contributed by atoms with Crippen LogP contribution >= 0.6 is 10.7 Å². The Labute approximate surface area is 723 Å². The molecule has 5 aliphatic rings. The van der Waals surface area contributed by atoms with Crippen molar-refractivity contribution in [2.45, 2.75) is 115 Å². The van der Waals surface area contributed by atoms with Crippen LogP contribution in [0.25, 0.3) is 95.6 Å². The predicted octanol–water partition coefficient (Wildman–Crippen LogP) is 12.5. The number of nitrogens with zero attached hydrogens (tertiary/aromatic N) is 22. The lowest BCUT2D eigenvalue weighted by Gasteiger charge is -2.47. The van der Waals surface area contributed by atoms with Crippen molar-refractivity contribution in [1.29, 1.82) is 10.5 Å². The molecule has 0 unspecified atom stereocenters. The van der Waals surface area contributed by atoms with Gasteiger partial charge in [0.25, 0.3) is 0 Å². The van der Waals surface area contributed by atoms with E-state index in [0.717, 1.165) is 106 Å². The molecule has 0 radical (unpaired) electrons. The minimum atomic E-state index is -3.34. The van der Waals surface area contributed by atoms with Crippen LogP contribution in [0.5, 0.6) is 0 Å². The average Bonchev–Trinajstić information content (AvgIpc) is 1.64. The van der Waals surface area contributed by atoms with Gasteiger partial charge in [0.2, 0.25) is 56.2 Å². The Bertz CT molecular complexity index is 6260. The largest absolute Gasteiger partial charge is 0.444 e. The van der Waals surface area contributed by atoms with Gasteiger partial charge in [-0.1, -0.05) is 39.3 Å². The van der Waals surface area contributed by atoms with Crippen molar-refractivity contribution in [2.24, 2.45) is 0 Å². The summed E-state index contributed by atoms with van der Waals surface area (Å²) in [5, 5.41) is 39.9. The molecule has 5 saturated heterocycles. The average molecular weight is 1810 g/mol. The number of fused-ring (bicyclic) bond motifs is 3. The monoisotopic (exact) mass is 1810 g/mol. The highest BCUT2D eigenvalue weighted by Gasteiger charge is 2.50. The van der Waals surface area contributed by atoms with Gasteiger partial charge in [-0.15, -0.1) is 0 Å². The minimum Gasteiger partial charge on any atom is -0.444 e. The number of sulfonamides is 3. The van der Waals surface area contributed by atoms with Crippen molar-refractivity contribution >= 4 is 122 Å². The number of aromatic nitrogens is 12. The second kappa shape index (κ2) is 41.1. The lowest BCUT2D eigenvalue weighted by Crippen LogP contribution is -2.63.